The van der Waals surface area contributed by atoms with Gasteiger partial charge >= 0.3 is 0 Å². The van der Waals surface area contributed by atoms with Crippen LogP contribution < -0.4 is 0 Å². The van der Waals surface area contributed by atoms with Crippen LogP contribution >= 0.6 is 11.3 Å². The average Bonchev–Trinajstić information content (AvgIpc) is 3.64. The largest absolute Gasteiger partial charge is 0.309 e. The minimum absolute atomic E-state index is 0.717. The Balaban J connectivity index is 1.29. The van der Waals surface area contributed by atoms with Crippen molar-refractivity contribution in [2.24, 2.45) is 0 Å². The Morgan fingerprint density at radius 3 is 1.80 bits per heavy atom. The second-order valence-corrected chi connectivity index (χ2v) is 12.1. The van der Waals surface area contributed by atoms with Crippen LogP contribution in [0.4, 0.5) is 0 Å². The van der Waals surface area contributed by atoms with Crippen molar-refractivity contribution < 1.29 is 0 Å². The fourth-order valence-electron chi connectivity index (χ4n) is 6.40. The maximum Gasteiger partial charge on any atom is 0.160 e. The minimum Gasteiger partial charge on any atom is -0.309 e. The van der Waals surface area contributed by atoms with Gasteiger partial charge in [0, 0.05) is 47.6 Å². The second-order valence-electron chi connectivity index (χ2n) is 11.0. The summed E-state index contributed by atoms with van der Waals surface area (Å²) in [5, 5.41) is 4.99. The molecule has 0 saturated heterocycles. The molecule has 3 nitrogen and oxygen atoms in total. The normalized spacial score (nSPS) is 11.6. The van der Waals surface area contributed by atoms with Crippen molar-refractivity contribution in [1.29, 1.82) is 0 Å². The van der Waals surface area contributed by atoms with Gasteiger partial charge in [-0.2, -0.15) is 0 Å². The first-order valence-corrected chi connectivity index (χ1v) is 15.6. The van der Waals surface area contributed by atoms with Crippen LogP contribution in [-0.2, 0) is 0 Å². The molecule has 0 aliphatic carbocycles. The molecular weight excluding hydrogens is 555 g/mol. The summed E-state index contributed by atoms with van der Waals surface area (Å²) in [6.45, 7) is 0. The summed E-state index contributed by atoms with van der Waals surface area (Å²) in [6.07, 6.45) is 0. The van der Waals surface area contributed by atoms with Crippen molar-refractivity contribution in [3.63, 3.8) is 0 Å². The number of nitrogens with zero attached hydrogens (tertiary/aromatic N) is 3. The Morgan fingerprint density at radius 2 is 1.05 bits per heavy atom. The Kier molecular flexibility index (Phi) is 5.68. The molecule has 3 heterocycles. The lowest BCUT2D eigenvalue weighted by atomic mass is 10.1. The maximum absolute atomic E-state index is 5.10. The van der Waals surface area contributed by atoms with Crippen LogP contribution in [0.3, 0.4) is 0 Å². The van der Waals surface area contributed by atoms with E-state index >= 15 is 0 Å². The molecule has 0 atom stereocenters. The number of thiophene rings is 1. The van der Waals surface area contributed by atoms with Gasteiger partial charge in [0.25, 0.3) is 0 Å². The Hall–Kier alpha value is -5.58. The van der Waals surface area contributed by atoms with E-state index in [9.17, 15) is 0 Å². The number of aromatic nitrogens is 3. The Bertz CT molecular complexity index is 2430. The first kappa shape index (κ1) is 25.0. The van der Waals surface area contributed by atoms with Gasteiger partial charge in [-0.05, 0) is 48.5 Å². The fraction of sp³-hybridized carbons (Fsp3) is 0. The molecule has 0 bridgehead atoms. The molecule has 3 aromatic heterocycles. The lowest BCUT2D eigenvalue weighted by Crippen LogP contribution is -1.96. The van der Waals surface area contributed by atoms with Gasteiger partial charge in [-0.3, -0.25) is 0 Å². The highest BCUT2D eigenvalue weighted by Gasteiger charge is 2.18. The summed E-state index contributed by atoms with van der Waals surface area (Å²) < 4.78 is 5.03. The Morgan fingerprint density at radius 1 is 0.432 bits per heavy atom. The van der Waals surface area contributed by atoms with Crippen molar-refractivity contribution in [1.82, 2.24) is 14.5 Å². The molecule has 0 spiro atoms. The van der Waals surface area contributed by atoms with E-state index in [0.717, 1.165) is 33.9 Å². The summed E-state index contributed by atoms with van der Waals surface area (Å²) in [6, 6.07) is 53.5. The third kappa shape index (κ3) is 3.96. The molecule has 0 unspecified atom stereocenters. The van der Waals surface area contributed by atoms with Gasteiger partial charge < -0.3 is 4.57 Å². The van der Waals surface area contributed by atoms with Crippen LogP contribution in [0, 0.1) is 0 Å². The van der Waals surface area contributed by atoms with Crippen LogP contribution in [0.25, 0.3) is 81.6 Å². The zero-order valence-corrected chi connectivity index (χ0v) is 24.5. The number of fused-ring (bicyclic) bond motifs is 6. The van der Waals surface area contributed by atoms with E-state index in [0.29, 0.717) is 0 Å². The van der Waals surface area contributed by atoms with E-state index in [1.165, 1.54) is 47.7 Å². The molecule has 44 heavy (non-hydrogen) atoms. The van der Waals surface area contributed by atoms with Gasteiger partial charge in [-0.25, -0.2) is 9.97 Å². The first-order chi connectivity index (χ1) is 21.8. The summed E-state index contributed by atoms with van der Waals surface area (Å²) >= 11 is 1.85. The molecule has 0 aliphatic rings. The average molecular weight is 580 g/mol. The highest BCUT2D eigenvalue weighted by molar-refractivity contribution is 7.25. The van der Waals surface area contributed by atoms with E-state index in [-0.39, 0.29) is 0 Å². The molecule has 0 amide bonds. The molecule has 6 aromatic carbocycles. The summed E-state index contributed by atoms with van der Waals surface area (Å²) in [4.78, 5) is 10.2. The lowest BCUT2D eigenvalue weighted by Gasteiger charge is -2.11. The predicted molar refractivity (Wildman–Crippen MR) is 186 cm³/mol. The molecule has 206 valence electrons. The smallest absolute Gasteiger partial charge is 0.160 e. The highest BCUT2D eigenvalue weighted by Crippen LogP contribution is 2.41. The quantitative estimate of drug-likeness (QED) is 0.208. The van der Waals surface area contributed by atoms with Gasteiger partial charge in [0.2, 0.25) is 0 Å². The van der Waals surface area contributed by atoms with Crippen LogP contribution in [0.2, 0.25) is 0 Å². The van der Waals surface area contributed by atoms with E-state index in [2.05, 4.69) is 144 Å². The number of rotatable bonds is 4. The zero-order valence-electron chi connectivity index (χ0n) is 23.7. The van der Waals surface area contributed by atoms with Gasteiger partial charge in [0.15, 0.2) is 5.82 Å². The number of para-hydroxylation sites is 1. The SMILES string of the molecule is c1ccc(-c2cc(-c3ccccc3)nc(-c3ccc4c(c3)c3ccccc3n4-c3cccc4sc5ccccc5c34)n2)cc1. The van der Waals surface area contributed by atoms with Gasteiger partial charge in [-0.1, -0.05) is 103 Å². The monoisotopic (exact) mass is 579 g/mol. The maximum atomic E-state index is 5.10. The molecule has 0 fully saturated rings. The molecular formula is C40H25N3S. The van der Waals surface area contributed by atoms with Gasteiger partial charge in [-0.15, -0.1) is 11.3 Å². The number of hydrogen-bond donors (Lipinski definition) is 0. The standard InChI is InChI=1S/C40H25N3S/c1-3-12-26(13-4-1)32-25-33(27-14-5-2-6-15-27)42-40(41-32)28-22-23-35-31(24-28)29-16-7-9-18-34(29)43(35)36-19-11-21-38-39(36)30-17-8-10-20-37(30)44-38/h1-25H. The van der Waals surface area contributed by atoms with E-state index in [1.807, 2.05) is 23.5 Å². The van der Waals surface area contributed by atoms with E-state index in [4.69, 9.17) is 9.97 Å². The van der Waals surface area contributed by atoms with E-state index in [1.54, 1.807) is 0 Å². The first-order valence-electron chi connectivity index (χ1n) is 14.8. The van der Waals surface area contributed by atoms with Crippen molar-refractivity contribution in [2.45, 2.75) is 0 Å². The second kappa shape index (κ2) is 10.0. The zero-order chi connectivity index (χ0) is 29.0. The van der Waals surface area contributed by atoms with E-state index < -0.39 is 0 Å². The molecule has 9 rings (SSSR count). The van der Waals surface area contributed by atoms with Crippen molar-refractivity contribution >= 4 is 53.3 Å². The molecule has 0 saturated carbocycles. The predicted octanol–water partition coefficient (Wildman–Crippen LogP) is 10.9. The molecule has 4 heteroatoms. The topological polar surface area (TPSA) is 30.7 Å². The highest BCUT2D eigenvalue weighted by atomic mass is 32.1. The number of hydrogen-bond acceptors (Lipinski definition) is 3. The van der Waals surface area contributed by atoms with Crippen LogP contribution in [0.5, 0.6) is 0 Å². The minimum atomic E-state index is 0.717. The molecule has 0 radical (unpaired) electrons. The van der Waals surface area contributed by atoms with Crippen LogP contribution in [0.15, 0.2) is 152 Å². The van der Waals surface area contributed by atoms with Crippen molar-refractivity contribution in [3.8, 4) is 39.6 Å². The van der Waals surface area contributed by atoms with Crippen molar-refractivity contribution in [2.75, 3.05) is 0 Å². The summed E-state index contributed by atoms with van der Waals surface area (Å²) in [7, 11) is 0. The third-order valence-corrected chi connectivity index (χ3v) is 9.55. The summed E-state index contributed by atoms with van der Waals surface area (Å²) in [5.41, 5.74) is 8.51. The molecule has 0 aliphatic heterocycles. The third-order valence-electron chi connectivity index (χ3n) is 8.42. The molecule has 0 N–H and O–H groups in total. The van der Waals surface area contributed by atoms with Gasteiger partial charge in [0.1, 0.15) is 0 Å². The lowest BCUT2D eigenvalue weighted by molar-refractivity contribution is 1.18. The van der Waals surface area contributed by atoms with Crippen molar-refractivity contribution in [3.05, 3.63) is 152 Å². The van der Waals surface area contributed by atoms with Crippen LogP contribution in [0.1, 0.15) is 0 Å². The number of benzene rings is 6. The van der Waals surface area contributed by atoms with Gasteiger partial charge in [0.05, 0.1) is 28.1 Å². The molecule has 9 aromatic rings. The Labute approximate surface area is 258 Å². The fourth-order valence-corrected chi connectivity index (χ4v) is 7.53. The van der Waals surface area contributed by atoms with Crippen LogP contribution in [-0.4, -0.2) is 14.5 Å². The summed E-state index contributed by atoms with van der Waals surface area (Å²) in [5.74, 6) is 0.717.